The van der Waals surface area contributed by atoms with Crippen molar-refractivity contribution in [3.63, 3.8) is 0 Å². The van der Waals surface area contributed by atoms with Crippen LogP contribution in [0.4, 0.5) is 5.69 Å². The topological polar surface area (TPSA) is 40.5 Å². The highest BCUT2D eigenvalue weighted by molar-refractivity contribution is 5.94. The van der Waals surface area contributed by atoms with Crippen molar-refractivity contribution in [2.75, 3.05) is 18.6 Å². The van der Waals surface area contributed by atoms with Crippen LogP contribution in [0.2, 0.25) is 0 Å². The molecule has 0 spiro atoms. The minimum Gasteiger partial charge on any atom is -0.396 e. The molecule has 0 radical (unpaired) electrons. The van der Waals surface area contributed by atoms with Crippen molar-refractivity contribution < 1.29 is 9.90 Å². The van der Waals surface area contributed by atoms with Crippen molar-refractivity contribution in [3.8, 4) is 0 Å². The predicted octanol–water partition coefficient (Wildman–Crippen LogP) is 1.98. The molecule has 1 aromatic carbocycles. The molecule has 1 amide bonds. The van der Waals surface area contributed by atoms with Crippen LogP contribution in [0.1, 0.15) is 18.9 Å². The van der Waals surface area contributed by atoms with E-state index >= 15 is 0 Å². The summed E-state index contributed by atoms with van der Waals surface area (Å²) in [7, 11) is 1.75. The van der Waals surface area contributed by atoms with Gasteiger partial charge in [-0.15, -0.1) is 0 Å². The maximum Gasteiger partial charge on any atom is 0.232 e. The molecule has 16 heavy (non-hydrogen) atoms. The third kappa shape index (κ3) is 2.83. The first-order valence-electron chi connectivity index (χ1n) is 5.55. The van der Waals surface area contributed by atoms with E-state index in [1.165, 1.54) is 0 Å². The Labute approximate surface area is 96.7 Å². The van der Waals surface area contributed by atoms with Gasteiger partial charge in [-0.1, -0.05) is 19.1 Å². The Morgan fingerprint density at radius 1 is 1.50 bits per heavy atom. The van der Waals surface area contributed by atoms with Crippen molar-refractivity contribution in [3.05, 3.63) is 29.8 Å². The molecule has 3 heteroatoms. The lowest BCUT2D eigenvalue weighted by Crippen LogP contribution is -2.34. The third-order valence-corrected chi connectivity index (χ3v) is 2.78. The standard InChI is InChI=1S/C13H19NO2/c1-4-11(9-15)13(16)14(3)12-7-5-6-10(2)8-12/h5-8,11,15H,4,9H2,1-3H3. The summed E-state index contributed by atoms with van der Waals surface area (Å²) in [6.07, 6.45) is 0.658. The number of carbonyl (C=O) groups excluding carboxylic acids is 1. The SMILES string of the molecule is CCC(CO)C(=O)N(C)c1cccc(C)c1. The Morgan fingerprint density at radius 3 is 2.69 bits per heavy atom. The number of hydrogen-bond donors (Lipinski definition) is 1. The minimum absolute atomic E-state index is 0.0319. The van der Waals surface area contributed by atoms with Crippen molar-refractivity contribution in [2.24, 2.45) is 5.92 Å². The number of amides is 1. The Kier molecular flexibility index (Phi) is 4.50. The van der Waals surface area contributed by atoms with Crippen LogP contribution in [0.3, 0.4) is 0 Å². The molecule has 88 valence electrons. The van der Waals surface area contributed by atoms with Crippen LogP contribution in [0.5, 0.6) is 0 Å². The molecule has 0 saturated carbocycles. The molecule has 0 heterocycles. The van der Waals surface area contributed by atoms with Crippen LogP contribution in [0, 0.1) is 12.8 Å². The number of anilines is 1. The molecule has 0 aliphatic rings. The highest BCUT2D eigenvalue weighted by atomic mass is 16.3. The number of aliphatic hydroxyl groups is 1. The van der Waals surface area contributed by atoms with Crippen LogP contribution in [-0.4, -0.2) is 24.7 Å². The van der Waals surface area contributed by atoms with Crippen LogP contribution in [0.15, 0.2) is 24.3 Å². The number of carbonyl (C=O) groups is 1. The van der Waals surface area contributed by atoms with Gasteiger partial charge in [-0.25, -0.2) is 0 Å². The van der Waals surface area contributed by atoms with Gasteiger partial charge >= 0.3 is 0 Å². The van der Waals surface area contributed by atoms with Crippen LogP contribution in [0.25, 0.3) is 0 Å². The van der Waals surface area contributed by atoms with E-state index < -0.39 is 0 Å². The molecule has 3 nitrogen and oxygen atoms in total. The van der Waals surface area contributed by atoms with E-state index in [2.05, 4.69) is 0 Å². The highest BCUT2D eigenvalue weighted by Gasteiger charge is 2.20. The van der Waals surface area contributed by atoms with Crippen molar-refractivity contribution >= 4 is 11.6 Å². The zero-order chi connectivity index (χ0) is 12.1. The number of hydrogen-bond acceptors (Lipinski definition) is 2. The maximum atomic E-state index is 12.0. The second-order valence-corrected chi connectivity index (χ2v) is 4.02. The van der Waals surface area contributed by atoms with Gasteiger partial charge in [0, 0.05) is 12.7 Å². The van der Waals surface area contributed by atoms with E-state index in [9.17, 15) is 4.79 Å². The average molecular weight is 221 g/mol. The molecular formula is C13H19NO2. The first-order valence-corrected chi connectivity index (χ1v) is 5.55. The lowest BCUT2D eigenvalue weighted by atomic mass is 10.1. The molecule has 1 N–H and O–H groups in total. The number of nitrogens with zero attached hydrogens (tertiary/aromatic N) is 1. The Hall–Kier alpha value is -1.35. The fraction of sp³-hybridized carbons (Fsp3) is 0.462. The van der Waals surface area contributed by atoms with Crippen molar-refractivity contribution in [2.45, 2.75) is 20.3 Å². The third-order valence-electron chi connectivity index (χ3n) is 2.78. The minimum atomic E-state index is -0.300. The Morgan fingerprint density at radius 2 is 2.19 bits per heavy atom. The van der Waals surface area contributed by atoms with Crippen molar-refractivity contribution in [1.29, 1.82) is 0 Å². The monoisotopic (exact) mass is 221 g/mol. The van der Waals surface area contributed by atoms with Gasteiger partial charge in [0.25, 0.3) is 0 Å². The molecule has 1 atom stereocenters. The fourth-order valence-electron chi connectivity index (χ4n) is 1.62. The van der Waals surface area contributed by atoms with Gasteiger partial charge in [0.05, 0.1) is 12.5 Å². The van der Waals surface area contributed by atoms with Gasteiger partial charge in [-0.3, -0.25) is 4.79 Å². The lowest BCUT2D eigenvalue weighted by Gasteiger charge is -2.22. The predicted molar refractivity (Wildman–Crippen MR) is 65.5 cm³/mol. The average Bonchev–Trinajstić information content (AvgIpc) is 2.29. The first-order chi connectivity index (χ1) is 7.60. The second-order valence-electron chi connectivity index (χ2n) is 4.02. The summed E-state index contributed by atoms with van der Waals surface area (Å²) in [6.45, 7) is 3.81. The number of aliphatic hydroxyl groups excluding tert-OH is 1. The molecule has 0 bridgehead atoms. The Bertz CT molecular complexity index is 359. The summed E-state index contributed by atoms with van der Waals surface area (Å²) < 4.78 is 0. The van der Waals surface area contributed by atoms with E-state index in [1.54, 1.807) is 11.9 Å². The van der Waals surface area contributed by atoms with Crippen LogP contribution in [-0.2, 0) is 4.79 Å². The molecule has 1 unspecified atom stereocenters. The summed E-state index contributed by atoms with van der Waals surface area (Å²) in [6, 6.07) is 7.77. The lowest BCUT2D eigenvalue weighted by molar-refractivity contribution is -0.123. The largest absolute Gasteiger partial charge is 0.396 e. The number of benzene rings is 1. The normalized spacial score (nSPS) is 12.2. The summed E-state index contributed by atoms with van der Waals surface area (Å²) in [5, 5.41) is 9.10. The van der Waals surface area contributed by atoms with Gasteiger partial charge in [0.2, 0.25) is 5.91 Å². The maximum absolute atomic E-state index is 12.0. The number of aryl methyl sites for hydroxylation is 1. The van der Waals surface area contributed by atoms with Gasteiger partial charge < -0.3 is 10.0 Å². The van der Waals surface area contributed by atoms with Gasteiger partial charge in [-0.2, -0.15) is 0 Å². The van der Waals surface area contributed by atoms with Gasteiger partial charge in [0.15, 0.2) is 0 Å². The molecule has 0 fully saturated rings. The highest BCUT2D eigenvalue weighted by Crippen LogP contribution is 2.17. The molecule has 1 aromatic rings. The quantitative estimate of drug-likeness (QED) is 0.844. The van der Waals surface area contributed by atoms with E-state index in [-0.39, 0.29) is 18.4 Å². The first kappa shape index (κ1) is 12.7. The number of rotatable bonds is 4. The van der Waals surface area contributed by atoms with Gasteiger partial charge in [-0.05, 0) is 31.0 Å². The molecule has 0 aromatic heterocycles. The smallest absolute Gasteiger partial charge is 0.232 e. The zero-order valence-electron chi connectivity index (χ0n) is 10.1. The molecular weight excluding hydrogens is 202 g/mol. The summed E-state index contributed by atoms with van der Waals surface area (Å²) in [5.74, 6) is -0.332. The van der Waals surface area contributed by atoms with E-state index in [4.69, 9.17) is 5.11 Å². The van der Waals surface area contributed by atoms with Crippen molar-refractivity contribution in [1.82, 2.24) is 0 Å². The molecule has 0 saturated heterocycles. The van der Waals surface area contributed by atoms with E-state index in [0.717, 1.165) is 11.3 Å². The summed E-state index contributed by atoms with van der Waals surface area (Å²) in [4.78, 5) is 13.6. The summed E-state index contributed by atoms with van der Waals surface area (Å²) >= 11 is 0. The molecule has 0 aliphatic heterocycles. The van der Waals surface area contributed by atoms with E-state index in [1.807, 2.05) is 38.1 Å². The van der Waals surface area contributed by atoms with Crippen LogP contribution >= 0.6 is 0 Å². The Balaban J connectivity index is 2.85. The summed E-state index contributed by atoms with van der Waals surface area (Å²) in [5.41, 5.74) is 1.99. The molecule has 0 aliphatic carbocycles. The van der Waals surface area contributed by atoms with E-state index in [0.29, 0.717) is 6.42 Å². The zero-order valence-corrected chi connectivity index (χ0v) is 10.1. The van der Waals surface area contributed by atoms with Gasteiger partial charge in [0.1, 0.15) is 0 Å². The van der Waals surface area contributed by atoms with Crippen LogP contribution < -0.4 is 4.90 Å². The fourth-order valence-corrected chi connectivity index (χ4v) is 1.62. The second kappa shape index (κ2) is 5.66. The molecule has 1 rings (SSSR count).